The largest absolute Gasteiger partial charge is 0.337 e. The summed E-state index contributed by atoms with van der Waals surface area (Å²) in [5.41, 5.74) is 0.890. The van der Waals surface area contributed by atoms with Gasteiger partial charge in [-0.05, 0) is 36.4 Å². The average Bonchev–Trinajstić information content (AvgIpc) is 3.30. The Balaban J connectivity index is 1.43. The summed E-state index contributed by atoms with van der Waals surface area (Å²) in [6, 6.07) is 11.5. The van der Waals surface area contributed by atoms with E-state index >= 15 is 0 Å². The topological polar surface area (TPSA) is 62.3 Å². The van der Waals surface area contributed by atoms with Crippen molar-refractivity contribution in [2.75, 3.05) is 18.4 Å². The molecule has 1 aliphatic rings. The molecule has 0 saturated carbocycles. The number of piperidine rings is 1. The smallest absolute Gasteiger partial charge is 0.263 e. The monoisotopic (exact) mass is 371 g/mol. The summed E-state index contributed by atoms with van der Waals surface area (Å²) >= 11 is 2.91. The molecule has 0 spiro atoms. The molecule has 1 saturated heterocycles. The zero-order valence-corrected chi connectivity index (χ0v) is 15.1. The number of likely N-dealkylation sites (tertiary alicyclic amines) is 1. The summed E-state index contributed by atoms with van der Waals surface area (Å²) in [6.45, 7) is 1.18. The minimum atomic E-state index is -0.190. The highest BCUT2D eigenvalue weighted by molar-refractivity contribution is 7.22. The molecule has 7 heteroatoms. The molecule has 0 aliphatic carbocycles. The van der Waals surface area contributed by atoms with Crippen molar-refractivity contribution in [3.8, 4) is 0 Å². The maximum absolute atomic E-state index is 12.6. The van der Waals surface area contributed by atoms with E-state index in [2.05, 4.69) is 10.3 Å². The van der Waals surface area contributed by atoms with E-state index < -0.39 is 0 Å². The maximum atomic E-state index is 12.6. The van der Waals surface area contributed by atoms with Crippen LogP contribution in [0.2, 0.25) is 0 Å². The van der Waals surface area contributed by atoms with Crippen LogP contribution in [0.1, 0.15) is 22.5 Å². The number of rotatable bonds is 3. The van der Waals surface area contributed by atoms with Crippen molar-refractivity contribution in [2.45, 2.75) is 12.8 Å². The van der Waals surface area contributed by atoms with Crippen LogP contribution in [0.5, 0.6) is 0 Å². The van der Waals surface area contributed by atoms with Crippen LogP contribution < -0.4 is 5.32 Å². The molecule has 3 heterocycles. The third kappa shape index (κ3) is 3.43. The van der Waals surface area contributed by atoms with Crippen LogP contribution in [-0.2, 0) is 4.79 Å². The first-order chi connectivity index (χ1) is 12.2. The molecule has 128 valence electrons. The summed E-state index contributed by atoms with van der Waals surface area (Å²) in [5, 5.41) is 5.44. The van der Waals surface area contributed by atoms with Crippen LogP contribution in [-0.4, -0.2) is 34.8 Å². The van der Waals surface area contributed by atoms with Gasteiger partial charge in [0.05, 0.1) is 21.0 Å². The van der Waals surface area contributed by atoms with E-state index in [9.17, 15) is 9.59 Å². The Labute approximate surface area is 153 Å². The molecule has 1 aliphatic heterocycles. The molecule has 2 aromatic heterocycles. The first kappa shape index (κ1) is 16.2. The van der Waals surface area contributed by atoms with Crippen LogP contribution in [0, 0.1) is 5.92 Å². The Hall–Kier alpha value is -2.25. The van der Waals surface area contributed by atoms with Crippen molar-refractivity contribution in [2.24, 2.45) is 5.92 Å². The van der Waals surface area contributed by atoms with Gasteiger partial charge >= 0.3 is 0 Å². The Kier molecular flexibility index (Phi) is 4.50. The van der Waals surface area contributed by atoms with Gasteiger partial charge in [-0.2, -0.15) is 0 Å². The zero-order chi connectivity index (χ0) is 17.2. The molecular formula is C18H17N3O2S2. The van der Waals surface area contributed by atoms with Crippen LogP contribution in [0.3, 0.4) is 0 Å². The van der Waals surface area contributed by atoms with Crippen LogP contribution in [0.25, 0.3) is 10.2 Å². The van der Waals surface area contributed by atoms with Gasteiger partial charge in [-0.25, -0.2) is 4.98 Å². The number of thiophene rings is 1. The first-order valence-corrected chi connectivity index (χ1v) is 9.89. The molecule has 25 heavy (non-hydrogen) atoms. The first-order valence-electron chi connectivity index (χ1n) is 8.20. The highest BCUT2D eigenvalue weighted by Gasteiger charge is 2.29. The molecule has 0 bridgehead atoms. The maximum Gasteiger partial charge on any atom is 0.263 e. The molecule has 1 N–H and O–H groups in total. The molecule has 3 aromatic rings. The van der Waals surface area contributed by atoms with Crippen molar-refractivity contribution in [1.82, 2.24) is 9.88 Å². The number of hydrogen-bond acceptors (Lipinski definition) is 5. The normalized spacial score (nSPS) is 17.6. The van der Waals surface area contributed by atoms with Crippen molar-refractivity contribution in [3.05, 3.63) is 46.7 Å². The van der Waals surface area contributed by atoms with Crippen molar-refractivity contribution in [1.29, 1.82) is 0 Å². The number of nitrogens with zero attached hydrogens (tertiary/aromatic N) is 2. The predicted octanol–water partition coefficient (Wildman–Crippen LogP) is 3.85. The third-order valence-electron chi connectivity index (χ3n) is 4.34. The zero-order valence-electron chi connectivity index (χ0n) is 13.5. The van der Waals surface area contributed by atoms with Gasteiger partial charge in [0, 0.05) is 13.1 Å². The number of thiazole rings is 1. The van der Waals surface area contributed by atoms with Gasteiger partial charge in [0.15, 0.2) is 5.13 Å². The minimum absolute atomic E-state index is 0.0208. The average molecular weight is 371 g/mol. The lowest BCUT2D eigenvalue weighted by molar-refractivity contribution is -0.121. The quantitative estimate of drug-likeness (QED) is 0.761. The number of fused-ring (bicyclic) bond motifs is 1. The lowest BCUT2D eigenvalue weighted by atomic mass is 9.97. The summed E-state index contributed by atoms with van der Waals surface area (Å²) < 4.78 is 1.05. The number of benzene rings is 1. The lowest BCUT2D eigenvalue weighted by Crippen LogP contribution is -2.43. The summed E-state index contributed by atoms with van der Waals surface area (Å²) in [6.07, 6.45) is 1.64. The number of anilines is 1. The summed E-state index contributed by atoms with van der Waals surface area (Å²) in [4.78, 5) is 32.1. The number of hydrogen-bond donors (Lipinski definition) is 1. The molecule has 1 atom stereocenters. The molecule has 4 rings (SSSR count). The van der Waals surface area contributed by atoms with Gasteiger partial charge in [0.1, 0.15) is 0 Å². The van der Waals surface area contributed by atoms with Gasteiger partial charge < -0.3 is 10.2 Å². The van der Waals surface area contributed by atoms with Crippen LogP contribution in [0.15, 0.2) is 41.8 Å². The van der Waals surface area contributed by atoms with Gasteiger partial charge in [-0.1, -0.05) is 29.5 Å². The van der Waals surface area contributed by atoms with Crippen molar-refractivity contribution >= 4 is 49.8 Å². The molecular weight excluding hydrogens is 354 g/mol. The second kappa shape index (κ2) is 6.93. The van der Waals surface area contributed by atoms with Gasteiger partial charge in [-0.15, -0.1) is 11.3 Å². The van der Waals surface area contributed by atoms with E-state index in [0.717, 1.165) is 27.9 Å². The standard InChI is InChI=1S/C18H17N3O2S2/c22-16(20-18-19-13-6-1-2-7-14(13)25-18)12-5-3-9-21(11-12)17(23)15-8-4-10-24-15/h1-2,4,6-8,10,12H,3,5,9,11H2,(H,19,20,22). The fourth-order valence-electron chi connectivity index (χ4n) is 3.06. The van der Waals surface area contributed by atoms with Gasteiger partial charge in [0.2, 0.25) is 5.91 Å². The number of nitrogens with one attached hydrogen (secondary N) is 1. The molecule has 1 aromatic carbocycles. The van der Waals surface area contributed by atoms with Crippen LogP contribution in [0.4, 0.5) is 5.13 Å². The van der Waals surface area contributed by atoms with E-state index in [-0.39, 0.29) is 17.7 Å². The number of carbonyl (C=O) groups is 2. The van der Waals surface area contributed by atoms with Crippen LogP contribution >= 0.6 is 22.7 Å². The number of amides is 2. The highest BCUT2D eigenvalue weighted by Crippen LogP contribution is 2.27. The Morgan fingerprint density at radius 3 is 2.88 bits per heavy atom. The molecule has 1 fully saturated rings. The minimum Gasteiger partial charge on any atom is -0.337 e. The van der Waals surface area contributed by atoms with E-state index in [0.29, 0.717) is 18.2 Å². The van der Waals surface area contributed by atoms with Gasteiger partial charge in [0.25, 0.3) is 5.91 Å². The van der Waals surface area contributed by atoms with Crippen molar-refractivity contribution in [3.63, 3.8) is 0 Å². The lowest BCUT2D eigenvalue weighted by Gasteiger charge is -2.31. The SMILES string of the molecule is O=C(Nc1nc2ccccc2s1)C1CCCN(C(=O)c2cccs2)C1. The highest BCUT2D eigenvalue weighted by atomic mass is 32.1. The second-order valence-corrected chi connectivity index (χ2v) is 8.02. The Morgan fingerprint density at radius 1 is 1.20 bits per heavy atom. The van der Waals surface area contributed by atoms with E-state index in [1.807, 2.05) is 41.8 Å². The molecule has 5 nitrogen and oxygen atoms in total. The Bertz CT molecular complexity index is 871. The molecule has 0 radical (unpaired) electrons. The van der Waals surface area contributed by atoms with Gasteiger partial charge in [-0.3, -0.25) is 9.59 Å². The number of para-hydroxylation sites is 1. The predicted molar refractivity (Wildman–Crippen MR) is 101 cm³/mol. The second-order valence-electron chi connectivity index (χ2n) is 6.04. The van der Waals surface area contributed by atoms with E-state index in [4.69, 9.17) is 0 Å². The van der Waals surface area contributed by atoms with E-state index in [1.165, 1.54) is 22.7 Å². The molecule has 2 amide bonds. The Morgan fingerprint density at radius 2 is 2.08 bits per heavy atom. The third-order valence-corrected chi connectivity index (χ3v) is 6.15. The summed E-state index contributed by atoms with van der Waals surface area (Å²) in [7, 11) is 0. The van der Waals surface area contributed by atoms with Crippen molar-refractivity contribution < 1.29 is 9.59 Å². The number of aromatic nitrogens is 1. The fourth-order valence-corrected chi connectivity index (χ4v) is 4.62. The fraction of sp³-hybridized carbons (Fsp3) is 0.278. The number of carbonyl (C=O) groups excluding carboxylic acids is 2. The van der Waals surface area contributed by atoms with E-state index in [1.54, 1.807) is 4.90 Å². The molecule has 1 unspecified atom stereocenters. The summed E-state index contributed by atoms with van der Waals surface area (Å²) in [5.74, 6) is -0.222.